The standard InChI is InChI=1S/C36H30N3O.C15H18NSi.Ir/c1-22(2)29-19-25(24-11-6-5-7-12-24)20-30(23(3)4)34(29)39-32-21-37-18-17-31(32)38-36(39)28-15-10-14-27-26-13-8-9-16-33(26)40-35(27)28;1-12-5-7-13(8-6-12)15-10-9-14(11-16-15)17(2,3)4;/h5-14,16-23H,1-4H3;5-7,9-11H,1-4H3;/q2*-1;/i;1D3;. The average molecular weight is 956 g/mol. The van der Waals surface area contributed by atoms with E-state index in [1.54, 1.807) is 18.3 Å². The molecule has 0 saturated heterocycles. The van der Waals surface area contributed by atoms with Crippen LogP contribution in [0.1, 0.15) is 60.3 Å². The fraction of sp³-hybridized carbons (Fsp3) is 0.196. The monoisotopic (exact) mass is 956 g/mol. The van der Waals surface area contributed by atoms with Gasteiger partial charge in [0.05, 0.1) is 36.7 Å². The Balaban J connectivity index is 0.000000226. The molecule has 5 aromatic carbocycles. The summed E-state index contributed by atoms with van der Waals surface area (Å²) in [4.78, 5) is 14.2. The molecule has 0 saturated carbocycles. The predicted molar refractivity (Wildman–Crippen MR) is 240 cm³/mol. The van der Waals surface area contributed by atoms with E-state index in [1.807, 2.05) is 48.8 Å². The van der Waals surface area contributed by atoms with E-state index < -0.39 is 14.9 Å². The van der Waals surface area contributed by atoms with Gasteiger partial charge in [-0.15, -0.1) is 53.6 Å². The van der Waals surface area contributed by atoms with E-state index in [-0.39, 0.29) is 31.9 Å². The van der Waals surface area contributed by atoms with Gasteiger partial charge < -0.3 is 14.0 Å². The number of imidazole rings is 1. The Morgan fingerprint density at radius 3 is 2.16 bits per heavy atom. The SMILES string of the molecule is CC(C)c1cc(-c2ccccc2)cc(C(C)C)c1-n1c(-c2[c-]ccc3c2oc2ccccc23)nc2ccncc21.[2H]C([2H])([2H])c1c[c-]c(-c2ccc([Si](C)(C)C)cn2)cc1.[Ir]. The van der Waals surface area contributed by atoms with Gasteiger partial charge in [0.1, 0.15) is 5.58 Å². The molecule has 5 nitrogen and oxygen atoms in total. The van der Waals surface area contributed by atoms with Gasteiger partial charge in [0, 0.05) is 47.7 Å². The maximum atomic E-state index is 7.35. The van der Waals surface area contributed by atoms with Crippen LogP contribution in [0.25, 0.3) is 72.4 Å². The first-order valence-corrected chi connectivity index (χ1v) is 23.1. The molecule has 4 aromatic heterocycles. The molecule has 1 radical (unpaired) electrons. The topological polar surface area (TPSA) is 56.7 Å². The number of benzene rings is 5. The van der Waals surface area contributed by atoms with Gasteiger partial charge in [-0.2, -0.15) is 0 Å². The van der Waals surface area contributed by atoms with Crippen LogP contribution >= 0.6 is 0 Å². The summed E-state index contributed by atoms with van der Waals surface area (Å²) in [7, 11) is -1.34. The van der Waals surface area contributed by atoms with Gasteiger partial charge in [-0.05, 0) is 69.2 Å². The molecular formula is C51H48IrN4OSi-2. The van der Waals surface area contributed by atoms with Crippen molar-refractivity contribution in [1.82, 2.24) is 19.5 Å². The fourth-order valence-corrected chi connectivity index (χ4v) is 8.41. The summed E-state index contributed by atoms with van der Waals surface area (Å²) >= 11 is 0. The number of fused-ring (bicyclic) bond motifs is 4. The Morgan fingerprint density at radius 2 is 1.50 bits per heavy atom. The van der Waals surface area contributed by atoms with Gasteiger partial charge in [0.2, 0.25) is 0 Å². The van der Waals surface area contributed by atoms with Crippen molar-refractivity contribution in [3.05, 3.63) is 163 Å². The smallest absolute Gasteiger partial charge is 0.120 e. The first kappa shape index (κ1) is 36.8. The summed E-state index contributed by atoms with van der Waals surface area (Å²) in [5, 5.41) is 3.46. The van der Waals surface area contributed by atoms with E-state index in [0.717, 1.165) is 61.3 Å². The van der Waals surface area contributed by atoms with Crippen molar-refractivity contribution >= 4 is 46.2 Å². The molecule has 58 heavy (non-hydrogen) atoms. The largest absolute Gasteiger partial charge is 0.501 e. The molecule has 9 aromatic rings. The Kier molecular flexibility index (Phi) is 10.7. The van der Waals surface area contributed by atoms with Crippen LogP contribution < -0.4 is 5.19 Å². The Bertz CT molecular complexity index is 2870. The number of aromatic nitrogens is 4. The minimum atomic E-state index is -2.08. The fourth-order valence-electron chi connectivity index (χ4n) is 7.37. The van der Waals surface area contributed by atoms with Crippen LogP contribution in [0, 0.1) is 19.0 Å². The molecule has 0 amide bonds. The molecule has 0 N–H and O–H groups in total. The van der Waals surface area contributed by atoms with Crippen molar-refractivity contribution in [1.29, 1.82) is 0 Å². The quantitative estimate of drug-likeness (QED) is 0.118. The molecule has 293 valence electrons. The first-order chi connectivity index (χ1) is 28.7. The number of hydrogen-bond donors (Lipinski definition) is 0. The van der Waals surface area contributed by atoms with Crippen molar-refractivity contribution in [3.8, 4) is 39.5 Å². The number of rotatable bonds is 7. The number of furan rings is 1. The third-order valence-corrected chi connectivity index (χ3v) is 12.5. The van der Waals surface area contributed by atoms with Gasteiger partial charge in [0.25, 0.3) is 0 Å². The van der Waals surface area contributed by atoms with Crippen molar-refractivity contribution < 1.29 is 28.6 Å². The van der Waals surface area contributed by atoms with Crippen molar-refractivity contribution in [2.24, 2.45) is 0 Å². The minimum Gasteiger partial charge on any atom is -0.501 e. The van der Waals surface area contributed by atoms with Gasteiger partial charge in [-0.3, -0.25) is 9.97 Å². The van der Waals surface area contributed by atoms with Crippen LogP contribution in [0.5, 0.6) is 0 Å². The molecule has 0 aliphatic rings. The maximum absolute atomic E-state index is 7.35. The zero-order valence-electron chi connectivity index (χ0n) is 36.9. The summed E-state index contributed by atoms with van der Waals surface area (Å²) in [5.74, 6) is 1.37. The van der Waals surface area contributed by atoms with E-state index in [1.165, 1.54) is 33.5 Å². The molecule has 4 heterocycles. The molecule has 7 heteroatoms. The zero-order chi connectivity index (χ0) is 42.3. The second kappa shape index (κ2) is 16.8. The van der Waals surface area contributed by atoms with Crippen LogP contribution in [0.3, 0.4) is 0 Å². The van der Waals surface area contributed by atoms with E-state index >= 15 is 0 Å². The zero-order valence-corrected chi connectivity index (χ0v) is 37.3. The first-order valence-electron chi connectivity index (χ1n) is 21.1. The maximum Gasteiger partial charge on any atom is 0.120 e. The Hall–Kier alpha value is -5.46. The predicted octanol–water partition coefficient (Wildman–Crippen LogP) is 13.1. The molecule has 0 spiro atoms. The van der Waals surface area contributed by atoms with Crippen LogP contribution in [0.2, 0.25) is 19.6 Å². The third-order valence-electron chi connectivity index (χ3n) is 10.5. The summed E-state index contributed by atoms with van der Waals surface area (Å²) in [6.45, 7) is 13.8. The van der Waals surface area contributed by atoms with Crippen LogP contribution in [-0.2, 0) is 20.1 Å². The minimum absolute atomic E-state index is 0. The van der Waals surface area contributed by atoms with Crippen molar-refractivity contribution in [2.75, 3.05) is 0 Å². The second-order valence-electron chi connectivity index (χ2n) is 16.2. The summed E-state index contributed by atoms with van der Waals surface area (Å²) in [5.41, 5.74) is 12.5. The Labute approximate surface area is 360 Å². The molecule has 0 atom stereocenters. The average Bonchev–Trinajstić information content (AvgIpc) is 3.82. The van der Waals surface area contributed by atoms with Crippen LogP contribution in [0.15, 0.2) is 138 Å². The number of nitrogens with zero attached hydrogens (tertiary/aromatic N) is 4. The molecule has 0 fully saturated rings. The number of aryl methyl sites for hydroxylation is 1. The normalized spacial score (nSPS) is 12.6. The van der Waals surface area contributed by atoms with E-state index in [9.17, 15) is 0 Å². The second-order valence-corrected chi connectivity index (χ2v) is 21.3. The van der Waals surface area contributed by atoms with Crippen LogP contribution in [0.4, 0.5) is 0 Å². The molecule has 0 bridgehead atoms. The van der Waals surface area contributed by atoms with Crippen LogP contribution in [-0.4, -0.2) is 27.6 Å². The molecule has 0 aliphatic heterocycles. The van der Waals surface area contributed by atoms with Crippen molar-refractivity contribution in [3.63, 3.8) is 0 Å². The van der Waals surface area contributed by atoms with Crippen molar-refractivity contribution in [2.45, 2.75) is 66.0 Å². The van der Waals surface area contributed by atoms with Gasteiger partial charge in [-0.1, -0.05) is 126 Å². The number of pyridine rings is 2. The van der Waals surface area contributed by atoms with E-state index in [4.69, 9.17) is 13.5 Å². The van der Waals surface area contributed by atoms with E-state index in [2.05, 4.69) is 135 Å². The molecule has 0 aliphatic carbocycles. The van der Waals surface area contributed by atoms with Gasteiger partial charge in [0.15, 0.2) is 0 Å². The molecular weight excluding hydrogens is 905 g/mol. The third kappa shape index (κ3) is 8.00. The number of para-hydroxylation sites is 1. The van der Waals surface area contributed by atoms with Gasteiger partial charge >= 0.3 is 0 Å². The van der Waals surface area contributed by atoms with Gasteiger partial charge in [-0.25, -0.2) is 0 Å². The molecule has 9 rings (SSSR count). The summed E-state index contributed by atoms with van der Waals surface area (Å²) in [6.07, 6.45) is 5.65. The summed E-state index contributed by atoms with van der Waals surface area (Å²) in [6, 6.07) is 45.0. The summed E-state index contributed by atoms with van der Waals surface area (Å²) < 4.78 is 30.8. The molecule has 0 unspecified atom stereocenters. The van der Waals surface area contributed by atoms with E-state index in [0.29, 0.717) is 5.56 Å². The number of hydrogen-bond acceptors (Lipinski definition) is 4. The Morgan fingerprint density at radius 1 is 0.759 bits per heavy atom.